The molecule has 0 aliphatic rings. The third kappa shape index (κ3) is 8.28. The zero-order valence-corrected chi connectivity index (χ0v) is 28.4. The van der Waals surface area contributed by atoms with E-state index in [9.17, 15) is 16.8 Å². The van der Waals surface area contributed by atoms with Crippen molar-refractivity contribution in [2.24, 2.45) is 0 Å². The highest BCUT2D eigenvalue weighted by molar-refractivity contribution is 7.91. The Morgan fingerprint density at radius 1 is 0.417 bits per heavy atom. The molecule has 6 aromatic rings. The largest absolute Gasteiger partial charge is 0.397 e. The molecular weight excluding hydrogens is 687 g/mol. The van der Waals surface area contributed by atoms with Crippen LogP contribution >= 0.6 is 23.2 Å². The highest BCUT2D eigenvalue weighted by Gasteiger charge is 2.20. The van der Waals surface area contributed by atoms with Crippen molar-refractivity contribution in [2.45, 2.75) is 19.6 Å². The first-order valence-electron chi connectivity index (χ1n) is 14.4. The highest BCUT2D eigenvalue weighted by Crippen LogP contribution is 2.31. The number of hydrogen-bond donors (Lipinski definition) is 4. The molecule has 0 radical (unpaired) electrons. The fourth-order valence-corrected chi connectivity index (χ4v) is 7.34. The molecule has 6 N–H and O–H groups in total. The zero-order valence-electron chi connectivity index (χ0n) is 25.2. The molecular formula is C36H30Cl2N4O4S2. The molecule has 0 heterocycles. The number of hydrogen-bond acceptors (Lipinski definition) is 8. The van der Waals surface area contributed by atoms with E-state index in [4.69, 9.17) is 34.7 Å². The van der Waals surface area contributed by atoms with Gasteiger partial charge in [0.25, 0.3) is 0 Å². The summed E-state index contributed by atoms with van der Waals surface area (Å²) in [4.78, 5) is 0.631. The molecule has 0 atom stereocenters. The fourth-order valence-electron chi connectivity index (χ4n) is 4.50. The lowest BCUT2D eigenvalue weighted by Gasteiger charge is -2.11. The minimum absolute atomic E-state index is 0.140. The number of nitrogen functional groups attached to an aromatic ring is 2. The predicted molar refractivity (Wildman–Crippen MR) is 195 cm³/mol. The Morgan fingerprint density at radius 3 is 1.04 bits per heavy atom. The van der Waals surface area contributed by atoms with Crippen molar-refractivity contribution in [1.82, 2.24) is 0 Å². The van der Waals surface area contributed by atoms with Gasteiger partial charge in [-0.05, 0) is 109 Å². The minimum Gasteiger partial charge on any atom is -0.397 e. The Morgan fingerprint density at radius 2 is 0.729 bits per heavy atom. The topological polar surface area (TPSA) is 144 Å². The van der Waals surface area contributed by atoms with E-state index in [0.717, 1.165) is 11.4 Å². The third-order valence-corrected chi connectivity index (χ3v) is 11.1. The summed E-state index contributed by atoms with van der Waals surface area (Å²) < 4.78 is 50.6. The van der Waals surface area contributed by atoms with Crippen molar-refractivity contribution in [2.75, 3.05) is 22.1 Å². The standard InChI is InChI=1S/2C18H15ClN2O2S/c2*19-13-6-8-15(9-7-13)24(22,23)16-10-11-18(17(20)12-16)21-14-4-2-1-3-5-14/h2*1-12,21H,20H2. The first kappa shape index (κ1) is 34.3. The summed E-state index contributed by atoms with van der Waals surface area (Å²) >= 11 is 11.6. The molecule has 6 rings (SSSR count). The molecule has 0 saturated carbocycles. The van der Waals surface area contributed by atoms with E-state index in [1.54, 1.807) is 36.4 Å². The van der Waals surface area contributed by atoms with Gasteiger partial charge in [-0.2, -0.15) is 0 Å². The van der Waals surface area contributed by atoms with Crippen LogP contribution in [0.4, 0.5) is 34.1 Å². The Hall–Kier alpha value is -5.00. The van der Waals surface area contributed by atoms with Crippen molar-refractivity contribution < 1.29 is 16.8 Å². The van der Waals surface area contributed by atoms with E-state index in [0.29, 0.717) is 32.8 Å². The van der Waals surface area contributed by atoms with Gasteiger partial charge in [0, 0.05) is 21.4 Å². The van der Waals surface area contributed by atoms with Gasteiger partial charge < -0.3 is 22.1 Å². The lowest BCUT2D eigenvalue weighted by Crippen LogP contribution is -2.04. The van der Waals surface area contributed by atoms with Crippen molar-refractivity contribution >= 4 is 77.0 Å². The molecule has 6 aromatic carbocycles. The van der Waals surface area contributed by atoms with Crippen LogP contribution in [-0.2, 0) is 19.7 Å². The average molecular weight is 718 g/mol. The Balaban J connectivity index is 0.000000188. The summed E-state index contributed by atoms with van der Waals surface area (Å²) in [6.07, 6.45) is 0. The van der Waals surface area contributed by atoms with Crippen molar-refractivity contribution in [3.63, 3.8) is 0 Å². The second-order valence-electron chi connectivity index (χ2n) is 10.4. The monoisotopic (exact) mass is 716 g/mol. The zero-order chi connectivity index (χ0) is 34.3. The van der Waals surface area contributed by atoms with Gasteiger partial charge in [-0.3, -0.25) is 0 Å². The average Bonchev–Trinajstić information content (AvgIpc) is 3.08. The van der Waals surface area contributed by atoms with Crippen LogP contribution in [0.2, 0.25) is 10.0 Å². The van der Waals surface area contributed by atoms with Crippen LogP contribution in [0.1, 0.15) is 0 Å². The molecule has 0 amide bonds. The van der Waals surface area contributed by atoms with Gasteiger partial charge in [0.2, 0.25) is 19.7 Å². The normalized spacial score (nSPS) is 11.2. The van der Waals surface area contributed by atoms with Gasteiger partial charge in [-0.15, -0.1) is 0 Å². The van der Waals surface area contributed by atoms with E-state index in [1.165, 1.54) is 48.5 Å². The highest BCUT2D eigenvalue weighted by atomic mass is 35.5. The number of halogens is 2. The maximum Gasteiger partial charge on any atom is 0.206 e. The Labute approximate surface area is 289 Å². The number of para-hydroxylation sites is 2. The van der Waals surface area contributed by atoms with Crippen LogP contribution in [0.15, 0.2) is 165 Å². The molecule has 0 bridgehead atoms. The van der Waals surface area contributed by atoms with Crippen LogP contribution in [0.25, 0.3) is 0 Å². The molecule has 0 unspecified atom stereocenters. The van der Waals surface area contributed by atoms with Gasteiger partial charge in [0.15, 0.2) is 0 Å². The molecule has 48 heavy (non-hydrogen) atoms. The maximum atomic E-state index is 12.6. The van der Waals surface area contributed by atoms with Crippen LogP contribution in [0, 0.1) is 0 Å². The van der Waals surface area contributed by atoms with E-state index < -0.39 is 19.7 Å². The maximum absolute atomic E-state index is 12.6. The smallest absolute Gasteiger partial charge is 0.206 e. The number of nitrogens with two attached hydrogens (primary N) is 2. The van der Waals surface area contributed by atoms with Crippen LogP contribution in [0.5, 0.6) is 0 Å². The molecule has 0 fully saturated rings. The first-order valence-corrected chi connectivity index (χ1v) is 18.1. The molecule has 244 valence electrons. The number of rotatable bonds is 8. The molecule has 8 nitrogen and oxygen atoms in total. The van der Waals surface area contributed by atoms with Gasteiger partial charge in [-0.25, -0.2) is 16.8 Å². The van der Waals surface area contributed by atoms with Crippen LogP contribution in [-0.4, -0.2) is 16.8 Å². The van der Waals surface area contributed by atoms with E-state index in [-0.39, 0.29) is 19.6 Å². The minimum atomic E-state index is -3.63. The summed E-state index contributed by atoms with van der Waals surface area (Å²) in [5, 5.41) is 7.29. The summed E-state index contributed by atoms with van der Waals surface area (Å²) in [5.41, 5.74) is 15.8. The fraction of sp³-hybridized carbons (Fsp3) is 0. The van der Waals surface area contributed by atoms with E-state index in [1.807, 2.05) is 60.7 Å². The number of benzene rings is 6. The number of nitrogens with one attached hydrogen (secondary N) is 2. The SMILES string of the molecule is Nc1cc(S(=O)(=O)c2ccc(Cl)cc2)ccc1Nc1ccccc1.Nc1cc(S(=O)(=O)c2ccc(Cl)cc2)ccc1Nc1ccccc1. The third-order valence-electron chi connectivity index (χ3n) is 7.02. The van der Waals surface area contributed by atoms with E-state index in [2.05, 4.69) is 10.6 Å². The molecule has 0 aliphatic heterocycles. The van der Waals surface area contributed by atoms with Gasteiger partial charge in [0.1, 0.15) is 0 Å². The predicted octanol–water partition coefficient (Wildman–Crippen LogP) is 9.00. The Kier molecular flexibility index (Phi) is 10.6. The molecule has 12 heteroatoms. The molecule has 0 aliphatic carbocycles. The lowest BCUT2D eigenvalue weighted by molar-refractivity contribution is 0.594. The van der Waals surface area contributed by atoms with E-state index >= 15 is 0 Å². The van der Waals surface area contributed by atoms with Gasteiger partial charge in [-0.1, -0.05) is 59.6 Å². The summed E-state index contributed by atoms with van der Waals surface area (Å²) in [5.74, 6) is 0. The van der Waals surface area contributed by atoms with Crippen LogP contribution in [0.3, 0.4) is 0 Å². The van der Waals surface area contributed by atoms with Crippen molar-refractivity contribution in [3.8, 4) is 0 Å². The first-order chi connectivity index (χ1) is 22.9. The molecule has 0 spiro atoms. The second kappa shape index (κ2) is 14.8. The molecule has 0 saturated heterocycles. The second-order valence-corrected chi connectivity index (χ2v) is 15.2. The molecule has 0 aromatic heterocycles. The lowest BCUT2D eigenvalue weighted by atomic mass is 10.2. The van der Waals surface area contributed by atoms with Crippen molar-refractivity contribution in [3.05, 3.63) is 156 Å². The van der Waals surface area contributed by atoms with Gasteiger partial charge >= 0.3 is 0 Å². The number of sulfone groups is 2. The number of anilines is 6. The van der Waals surface area contributed by atoms with Crippen molar-refractivity contribution in [1.29, 1.82) is 0 Å². The summed E-state index contributed by atoms with van der Waals surface area (Å²) in [6, 6.07) is 40.4. The van der Waals surface area contributed by atoms with Gasteiger partial charge in [0.05, 0.1) is 42.3 Å². The Bertz CT molecular complexity index is 2070. The summed E-state index contributed by atoms with van der Waals surface area (Å²) in [7, 11) is -7.27. The quantitative estimate of drug-likeness (QED) is 0.114. The summed E-state index contributed by atoms with van der Waals surface area (Å²) in [6.45, 7) is 0. The van der Waals surface area contributed by atoms with Crippen LogP contribution < -0.4 is 22.1 Å².